The molecule has 2 N–H and O–H groups in total. The van der Waals surface area contributed by atoms with Gasteiger partial charge in [-0.3, -0.25) is 4.79 Å². The summed E-state index contributed by atoms with van der Waals surface area (Å²) in [6, 6.07) is 11.6. The molecule has 160 valence electrons. The number of furan rings is 1. The zero-order valence-electron chi connectivity index (χ0n) is 16.8. The molecule has 7 nitrogen and oxygen atoms in total. The quantitative estimate of drug-likeness (QED) is 0.540. The first-order valence-corrected chi connectivity index (χ1v) is 11.3. The van der Waals surface area contributed by atoms with Crippen molar-refractivity contribution in [3.63, 3.8) is 0 Å². The van der Waals surface area contributed by atoms with Crippen LogP contribution in [0.5, 0.6) is 5.75 Å². The van der Waals surface area contributed by atoms with Crippen LogP contribution in [0, 0.1) is 0 Å². The third kappa shape index (κ3) is 4.95. The van der Waals surface area contributed by atoms with Gasteiger partial charge in [-0.15, -0.1) is 0 Å². The second kappa shape index (κ2) is 9.07. The van der Waals surface area contributed by atoms with Crippen molar-refractivity contribution in [2.24, 2.45) is 0 Å². The van der Waals surface area contributed by atoms with Crippen molar-refractivity contribution in [2.75, 3.05) is 6.61 Å². The number of halogens is 1. The van der Waals surface area contributed by atoms with Gasteiger partial charge in [-0.25, -0.2) is 8.42 Å². The van der Waals surface area contributed by atoms with Crippen LogP contribution >= 0.6 is 11.6 Å². The molecule has 0 aliphatic carbocycles. The van der Waals surface area contributed by atoms with Gasteiger partial charge < -0.3 is 14.5 Å². The molecule has 0 saturated heterocycles. The van der Waals surface area contributed by atoms with E-state index in [1.165, 1.54) is 31.2 Å². The number of para-hydroxylation sites is 1. The molecule has 3 rings (SSSR count). The SMILES string of the molecule is CCOc1cccc2cc(C(C)NC(=O)[C@H](C)NS(=O)(=O)c3ccc(Cl)cc3)oc12. The van der Waals surface area contributed by atoms with Crippen LogP contribution in [0.4, 0.5) is 0 Å². The number of carbonyl (C=O) groups is 1. The number of fused-ring (bicyclic) bond motifs is 1. The van der Waals surface area contributed by atoms with Crippen LogP contribution in [-0.2, 0) is 14.8 Å². The van der Waals surface area contributed by atoms with Gasteiger partial charge in [0.15, 0.2) is 11.3 Å². The lowest BCUT2D eigenvalue weighted by molar-refractivity contribution is -0.123. The van der Waals surface area contributed by atoms with E-state index in [-0.39, 0.29) is 4.90 Å². The van der Waals surface area contributed by atoms with E-state index in [1.54, 1.807) is 6.92 Å². The van der Waals surface area contributed by atoms with E-state index < -0.39 is 28.0 Å². The van der Waals surface area contributed by atoms with Crippen LogP contribution in [0.1, 0.15) is 32.6 Å². The lowest BCUT2D eigenvalue weighted by atomic mass is 10.2. The second-order valence-electron chi connectivity index (χ2n) is 6.78. The average Bonchev–Trinajstić information content (AvgIpc) is 3.13. The average molecular weight is 451 g/mol. The Balaban J connectivity index is 1.69. The van der Waals surface area contributed by atoms with Crippen molar-refractivity contribution in [3.05, 3.63) is 59.3 Å². The molecule has 9 heteroatoms. The van der Waals surface area contributed by atoms with Crippen molar-refractivity contribution < 1.29 is 22.4 Å². The van der Waals surface area contributed by atoms with Crippen LogP contribution in [0.2, 0.25) is 5.02 Å². The molecule has 1 heterocycles. The van der Waals surface area contributed by atoms with Gasteiger partial charge in [0.05, 0.1) is 23.6 Å². The van der Waals surface area contributed by atoms with Gasteiger partial charge in [-0.1, -0.05) is 23.7 Å². The first kappa shape index (κ1) is 22.1. The Morgan fingerprint density at radius 1 is 1.17 bits per heavy atom. The summed E-state index contributed by atoms with van der Waals surface area (Å²) < 4.78 is 38.7. The molecular weight excluding hydrogens is 428 g/mol. The van der Waals surface area contributed by atoms with Crippen LogP contribution in [0.15, 0.2) is 57.8 Å². The predicted molar refractivity (Wildman–Crippen MR) is 115 cm³/mol. The number of ether oxygens (including phenoxy) is 1. The number of carbonyl (C=O) groups excluding carboxylic acids is 1. The Morgan fingerprint density at radius 2 is 1.87 bits per heavy atom. The molecule has 1 unspecified atom stereocenters. The van der Waals surface area contributed by atoms with E-state index >= 15 is 0 Å². The fourth-order valence-corrected chi connectivity index (χ4v) is 4.25. The summed E-state index contributed by atoms with van der Waals surface area (Å²) in [6.45, 7) is 5.63. The van der Waals surface area contributed by atoms with Gasteiger partial charge in [0, 0.05) is 10.4 Å². The first-order valence-electron chi connectivity index (χ1n) is 9.44. The summed E-state index contributed by atoms with van der Waals surface area (Å²) in [5.74, 6) is 0.688. The minimum Gasteiger partial charge on any atom is -0.490 e. The summed E-state index contributed by atoms with van der Waals surface area (Å²) in [6.07, 6.45) is 0. The first-order chi connectivity index (χ1) is 14.2. The van der Waals surface area contributed by atoms with E-state index in [0.29, 0.717) is 28.7 Å². The number of hydrogen-bond donors (Lipinski definition) is 2. The summed E-state index contributed by atoms with van der Waals surface area (Å²) in [7, 11) is -3.86. The molecule has 0 spiro atoms. The van der Waals surface area contributed by atoms with Crippen LogP contribution in [0.3, 0.4) is 0 Å². The molecule has 0 radical (unpaired) electrons. The van der Waals surface area contributed by atoms with Crippen molar-refractivity contribution in [3.8, 4) is 5.75 Å². The second-order valence-corrected chi connectivity index (χ2v) is 8.93. The Kier molecular flexibility index (Phi) is 6.70. The maximum Gasteiger partial charge on any atom is 0.241 e. The highest BCUT2D eigenvalue weighted by Gasteiger charge is 2.24. The fraction of sp³-hybridized carbons (Fsp3) is 0.286. The minimum atomic E-state index is -3.86. The largest absolute Gasteiger partial charge is 0.490 e. The third-order valence-corrected chi connectivity index (χ3v) is 6.27. The van der Waals surface area contributed by atoms with Gasteiger partial charge in [-0.2, -0.15) is 4.72 Å². The van der Waals surface area contributed by atoms with Crippen molar-refractivity contribution in [1.29, 1.82) is 0 Å². The van der Waals surface area contributed by atoms with E-state index in [9.17, 15) is 13.2 Å². The standard InChI is InChI=1S/C21H23ClN2O5S/c1-4-28-18-7-5-6-15-12-19(29-20(15)18)13(2)23-21(25)14(3)24-30(26,27)17-10-8-16(22)9-11-17/h5-14,24H,4H2,1-3H3,(H,23,25)/t13?,14-/m0/s1. The number of hydrogen-bond acceptors (Lipinski definition) is 5. The van der Waals surface area contributed by atoms with Crippen LogP contribution in [0.25, 0.3) is 11.0 Å². The monoisotopic (exact) mass is 450 g/mol. The molecule has 30 heavy (non-hydrogen) atoms. The zero-order chi connectivity index (χ0) is 21.9. The van der Waals surface area contributed by atoms with Crippen molar-refractivity contribution >= 4 is 38.5 Å². The molecule has 1 aromatic heterocycles. The topological polar surface area (TPSA) is 97.6 Å². The molecule has 0 bridgehead atoms. The van der Waals surface area contributed by atoms with Gasteiger partial charge in [0.2, 0.25) is 15.9 Å². The summed E-state index contributed by atoms with van der Waals surface area (Å²) in [4.78, 5) is 12.6. The molecule has 3 aromatic rings. The van der Waals surface area contributed by atoms with Crippen LogP contribution < -0.4 is 14.8 Å². The highest BCUT2D eigenvalue weighted by molar-refractivity contribution is 7.89. The molecule has 2 atom stereocenters. The van der Waals surface area contributed by atoms with Crippen LogP contribution in [-0.4, -0.2) is 27.0 Å². The van der Waals surface area contributed by atoms with E-state index in [2.05, 4.69) is 10.0 Å². The molecular formula is C21H23ClN2O5S. The molecule has 0 aliphatic rings. The molecule has 0 aliphatic heterocycles. The summed E-state index contributed by atoms with van der Waals surface area (Å²) >= 11 is 5.79. The predicted octanol–water partition coefficient (Wildman–Crippen LogP) is 4.03. The third-order valence-electron chi connectivity index (χ3n) is 4.46. The van der Waals surface area contributed by atoms with E-state index in [4.69, 9.17) is 20.8 Å². The van der Waals surface area contributed by atoms with Gasteiger partial charge in [0.1, 0.15) is 5.76 Å². The normalized spacial score (nSPS) is 13.7. The molecule has 1 amide bonds. The number of nitrogens with one attached hydrogen (secondary N) is 2. The highest BCUT2D eigenvalue weighted by atomic mass is 35.5. The number of benzene rings is 2. The minimum absolute atomic E-state index is 0.0281. The number of amides is 1. The van der Waals surface area contributed by atoms with E-state index in [1.807, 2.05) is 31.2 Å². The summed E-state index contributed by atoms with van der Waals surface area (Å²) in [5.41, 5.74) is 0.604. The fourth-order valence-electron chi connectivity index (χ4n) is 2.92. The lowest BCUT2D eigenvalue weighted by Gasteiger charge is -2.17. The van der Waals surface area contributed by atoms with Crippen molar-refractivity contribution in [1.82, 2.24) is 10.0 Å². The number of rotatable bonds is 8. The molecule has 0 fully saturated rings. The smallest absolute Gasteiger partial charge is 0.241 e. The molecule has 0 saturated carbocycles. The van der Waals surface area contributed by atoms with Crippen molar-refractivity contribution in [2.45, 2.75) is 37.8 Å². The maximum absolute atomic E-state index is 12.5. The van der Waals surface area contributed by atoms with Gasteiger partial charge >= 0.3 is 0 Å². The van der Waals surface area contributed by atoms with E-state index in [0.717, 1.165) is 5.39 Å². The maximum atomic E-state index is 12.5. The Labute approximate surface area is 180 Å². The van der Waals surface area contributed by atoms with Gasteiger partial charge in [-0.05, 0) is 57.2 Å². The lowest BCUT2D eigenvalue weighted by Crippen LogP contribution is -2.45. The Bertz CT molecular complexity index is 1140. The summed E-state index contributed by atoms with van der Waals surface area (Å²) in [5, 5.41) is 4.05. The molecule has 2 aromatic carbocycles. The number of sulfonamides is 1. The Morgan fingerprint density at radius 3 is 2.53 bits per heavy atom. The zero-order valence-corrected chi connectivity index (χ0v) is 18.4. The highest BCUT2D eigenvalue weighted by Crippen LogP contribution is 2.31. The Hall–Kier alpha value is -2.55. The van der Waals surface area contributed by atoms with Gasteiger partial charge in [0.25, 0.3) is 0 Å².